The van der Waals surface area contributed by atoms with Crippen molar-refractivity contribution in [3.05, 3.63) is 35.9 Å². The van der Waals surface area contributed by atoms with E-state index < -0.39 is 16.1 Å². The van der Waals surface area contributed by atoms with E-state index in [-0.39, 0.29) is 18.2 Å². The van der Waals surface area contributed by atoms with E-state index in [0.29, 0.717) is 0 Å². The smallest absolute Gasteiger partial charge is 0.214 e. The van der Waals surface area contributed by atoms with Gasteiger partial charge in [0.2, 0.25) is 10.0 Å². The first kappa shape index (κ1) is 14.4. The zero-order chi connectivity index (χ0) is 12.7. The Hall–Kier alpha value is -0.620. The Morgan fingerprint density at radius 3 is 2.53 bits per heavy atom. The van der Waals surface area contributed by atoms with Gasteiger partial charge < -0.3 is 4.74 Å². The average Bonchev–Trinajstić information content (AvgIpc) is 2.35. The highest BCUT2D eigenvalue weighted by Crippen LogP contribution is 2.15. The van der Waals surface area contributed by atoms with Crippen molar-refractivity contribution in [2.75, 3.05) is 25.3 Å². The van der Waals surface area contributed by atoms with Crippen molar-refractivity contribution in [3.63, 3.8) is 0 Å². The second kappa shape index (κ2) is 6.96. The van der Waals surface area contributed by atoms with Crippen LogP contribution in [0.15, 0.2) is 30.3 Å². The zero-order valence-electron chi connectivity index (χ0n) is 9.60. The van der Waals surface area contributed by atoms with Gasteiger partial charge in [-0.1, -0.05) is 30.3 Å². The van der Waals surface area contributed by atoms with Gasteiger partial charge in [0.25, 0.3) is 0 Å². The van der Waals surface area contributed by atoms with Crippen LogP contribution in [0.25, 0.3) is 0 Å². The first-order chi connectivity index (χ1) is 8.09. The van der Waals surface area contributed by atoms with Gasteiger partial charge in [0.1, 0.15) is 0 Å². The zero-order valence-corrected chi connectivity index (χ0v) is 11.2. The fourth-order valence-electron chi connectivity index (χ4n) is 1.34. The molecule has 0 heterocycles. The summed E-state index contributed by atoms with van der Waals surface area (Å²) in [6.45, 7) is 0.166. The summed E-state index contributed by atoms with van der Waals surface area (Å²) in [4.78, 5) is 0. The molecule has 4 nitrogen and oxygen atoms in total. The van der Waals surface area contributed by atoms with E-state index in [1.54, 1.807) is 0 Å². The molecular formula is C11H16ClNO3S. The van der Waals surface area contributed by atoms with Gasteiger partial charge in [-0.25, -0.2) is 13.1 Å². The number of nitrogens with one attached hydrogen (secondary N) is 1. The van der Waals surface area contributed by atoms with Crippen LogP contribution in [-0.2, 0) is 14.8 Å². The molecule has 0 saturated carbocycles. The molecule has 1 rings (SSSR count). The summed E-state index contributed by atoms with van der Waals surface area (Å²) in [7, 11) is -1.90. The van der Waals surface area contributed by atoms with E-state index in [1.165, 1.54) is 7.11 Å². The third-order valence-corrected chi connectivity index (χ3v) is 3.89. The molecule has 0 aromatic heterocycles. The molecule has 6 heteroatoms. The van der Waals surface area contributed by atoms with Crippen LogP contribution in [0.4, 0.5) is 0 Å². The minimum absolute atomic E-state index is 0.0658. The number of alkyl halides is 1. The first-order valence-electron chi connectivity index (χ1n) is 5.19. The van der Waals surface area contributed by atoms with E-state index in [2.05, 4.69) is 4.72 Å². The van der Waals surface area contributed by atoms with Gasteiger partial charge in [-0.2, -0.15) is 0 Å². The number of hydrogen-bond donors (Lipinski definition) is 1. The largest absolute Gasteiger partial charge is 0.384 e. The third-order valence-electron chi connectivity index (χ3n) is 2.23. The topological polar surface area (TPSA) is 55.4 Å². The number of rotatable bonds is 7. The van der Waals surface area contributed by atoms with Crippen molar-refractivity contribution in [1.82, 2.24) is 4.72 Å². The van der Waals surface area contributed by atoms with Crippen molar-refractivity contribution >= 4 is 21.6 Å². The molecule has 0 amide bonds. The monoisotopic (exact) mass is 277 g/mol. The summed E-state index contributed by atoms with van der Waals surface area (Å²) in [5.41, 5.74) is 0.850. The Balaban J connectivity index is 2.71. The maximum absolute atomic E-state index is 11.7. The molecule has 0 radical (unpaired) electrons. The van der Waals surface area contributed by atoms with Crippen molar-refractivity contribution in [3.8, 4) is 0 Å². The summed E-state index contributed by atoms with van der Waals surface area (Å²) in [6.07, 6.45) is 0. The number of benzene rings is 1. The lowest BCUT2D eigenvalue weighted by atomic mass is 10.1. The Morgan fingerprint density at radius 1 is 1.35 bits per heavy atom. The minimum atomic E-state index is -3.36. The maximum atomic E-state index is 11.7. The predicted octanol–water partition coefficient (Wildman–Crippen LogP) is 1.53. The van der Waals surface area contributed by atoms with Crippen LogP contribution < -0.4 is 4.72 Å². The predicted molar refractivity (Wildman–Crippen MR) is 68.7 cm³/mol. The number of halogens is 1. The van der Waals surface area contributed by atoms with Crippen LogP contribution in [0, 0.1) is 0 Å². The van der Waals surface area contributed by atoms with Gasteiger partial charge in [-0.3, -0.25) is 0 Å². The summed E-state index contributed by atoms with van der Waals surface area (Å²) in [5, 5.41) is 0. The van der Waals surface area contributed by atoms with Crippen LogP contribution in [0.2, 0.25) is 0 Å². The van der Waals surface area contributed by atoms with Crippen LogP contribution in [0.1, 0.15) is 11.6 Å². The molecule has 17 heavy (non-hydrogen) atoms. The molecule has 1 N–H and O–H groups in total. The normalized spacial score (nSPS) is 13.5. The molecule has 0 saturated heterocycles. The third kappa shape index (κ3) is 5.04. The van der Waals surface area contributed by atoms with Crippen molar-refractivity contribution in [2.45, 2.75) is 6.04 Å². The average molecular weight is 278 g/mol. The van der Waals surface area contributed by atoms with Crippen LogP contribution >= 0.6 is 11.6 Å². The first-order valence-corrected chi connectivity index (χ1v) is 7.37. The van der Waals surface area contributed by atoms with Gasteiger partial charge in [-0.05, 0) is 5.56 Å². The van der Waals surface area contributed by atoms with E-state index in [4.69, 9.17) is 16.3 Å². The van der Waals surface area contributed by atoms with Crippen LogP contribution in [0.3, 0.4) is 0 Å². The molecule has 0 spiro atoms. The lowest BCUT2D eigenvalue weighted by Crippen LogP contribution is -2.32. The summed E-state index contributed by atoms with van der Waals surface area (Å²) in [5.74, 6) is 0.125. The van der Waals surface area contributed by atoms with E-state index in [0.717, 1.165) is 5.56 Å². The highest BCUT2D eigenvalue weighted by molar-refractivity contribution is 7.89. The second-order valence-electron chi connectivity index (χ2n) is 3.55. The highest BCUT2D eigenvalue weighted by atomic mass is 35.5. The highest BCUT2D eigenvalue weighted by Gasteiger charge is 2.18. The van der Waals surface area contributed by atoms with Gasteiger partial charge >= 0.3 is 0 Å². The molecule has 96 valence electrons. The van der Waals surface area contributed by atoms with E-state index in [9.17, 15) is 8.42 Å². The van der Waals surface area contributed by atoms with Gasteiger partial charge in [0.05, 0.1) is 18.4 Å². The van der Waals surface area contributed by atoms with E-state index in [1.807, 2.05) is 30.3 Å². The molecule has 1 aromatic rings. The molecule has 0 fully saturated rings. The molecule has 0 aliphatic rings. The Morgan fingerprint density at radius 2 is 2.00 bits per heavy atom. The van der Waals surface area contributed by atoms with E-state index >= 15 is 0 Å². The Labute approximate surface area is 107 Å². The second-order valence-corrected chi connectivity index (χ2v) is 5.73. The van der Waals surface area contributed by atoms with Crippen molar-refractivity contribution in [2.24, 2.45) is 0 Å². The number of methoxy groups -OCH3 is 1. The molecule has 1 atom stereocenters. The van der Waals surface area contributed by atoms with Gasteiger partial charge in [-0.15, -0.1) is 11.6 Å². The molecule has 0 aliphatic carbocycles. The summed E-state index contributed by atoms with van der Waals surface area (Å²) in [6, 6.07) is 8.84. The van der Waals surface area contributed by atoms with Gasteiger partial charge in [0, 0.05) is 13.0 Å². The minimum Gasteiger partial charge on any atom is -0.384 e. The fraction of sp³-hybridized carbons (Fsp3) is 0.455. The lowest BCUT2D eigenvalue weighted by Gasteiger charge is -2.16. The molecule has 1 unspecified atom stereocenters. The maximum Gasteiger partial charge on any atom is 0.214 e. The Kier molecular flexibility index (Phi) is 5.91. The number of hydrogen-bond acceptors (Lipinski definition) is 3. The summed E-state index contributed by atoms with van der Waals surface area (Å²) < 4.78 is 30.7. The molecule has 0 bridgehead atoms. The van der Waals surface area contributed by atoms with Crippen LogP contribution in [0.5, 0.6) is 0 Å². The fourth-order valence-corrected chi connectivity index (χ4v) is 2.85. The quantitative estimate of drug-likeness (QED) is 0.769. The standard InChI is InChI=1S/C11H16ClNO3S/c1-16-7-8-17(14,15)13-11(9-12)10-5-3-2-4-6-10/h2-6,11,13H,7-9H2,1H3. The van der Waals surface area contributed by atoms with Crippen molar-refractivity contribution in [1.29, 1.82) is 0 Å². The molecule has 0 aliphatic heterocycles. The van der Waals surface area contributed by atoms with Crippen molar-refractivity contribution < 1.29 is 13.2 Å². The number of ether oxygens (including phenoxy) is 1. The van der Waals surface area contributed by atoms with Crippen LogP contribution in [-0.4, -0.2) is 33.8 Å². The van der Waals surface area contributed by atoms with Gasteiger partial charge in [0.15, 0.2) is 0 Å². The Bertz CT molecular complexity index is 422. The SMILES string of the molecule is COCCS(=O)(=O)NC(CCl)c1ccccc1. The number of sulfonamides is 1. The molecule has 1 aromatic carbocycles. The lowest BCUT2D eigenvalue weighted by molar-refractivity contribution is 0.217. The molecular weight excluding hydrogens is 262 g/mol. The summed E-state index contributed by atoms with van der Waals surface area (Å²) >= 11 is 5.78.